The predicted molar refractivity (Wildman–Crippen MR) is 219 cm³/mol. The van der Waals surface area contributed by atoms with Gasteiger partial charge in [0.2, 0.25) is 0 Å². The van der Waals surface area contributed by atoms with Gasteiger partial charge in [0, 0.05) is 11.4 Å². The molecule has 0 spiro atoms. The molecule has 0 saturated carbocycles. The van der Waals surface area contributed by atoms with Gasteiger partial charge >= 0.3 is 0 Å². The van der Waals surface area contributed by atoms with E-state index >= 15 is 0 Å². The monoisotopic (exact) mass is 661 g/mol. The van der Waals surface area contributed by atoms with Crippen molar-refractivity contribution in [2.24, 2.45) is 0 Å². The first-order valence-corrected chi connectivity index (χ1v) is 18.0. The summed E-state index contributed by atoms with van der Waals surface area (Å²) in [6.07, 6.45) is 0. The van der Waals surface area contributed by atoms with E-state index in [1.807, 2.05) is 0 Å². The van der Waals surface area contributed by atoms with Gasteiger partial charge in [0.1, 0.15) is 0 Å². The van der Waals surface area contributed by atoms with Crippen LogP contribution in [0.2, 0.25) is 0 Å². The molecular weight excluding hydrogens is 627 g/mol. The maximum absolute atomic E-state index is 3.77. The zero-order chi connectivity index (χ0) is 34.5. The lowest BCUT2D eigenvalue weighted by Crippen LogP contribution is -2.28. The molecule has 0 bridgehead atoms. The van der Waals surface area contributed by atoms with E-state index in [4.69, 9.17) is 0 Å². The molecule has 0 amide bonds. The molecule has 1 aliphatic carbocycles. The van der Waals surface area contributed by atoms with Crippen molar-refractivity contribution < 1.29 is 0 Å². The van der Waals surface area contributed by atoms with E-state index in [0.717, 1.165) is 11.4 Å². The van der Waals surface area contributed by atoms with E-state index < -0.39 is 5.41 Å². The highest BCUT2D eigenvalue weighted by Gasteiger charge is 2.46. The van der Waals surface area contributed by atoms with Gasteiger partial charge in [-0.3, -0.25) is 0 Å². The molecule has 0 aliphatic heterocycles. The molecule has 0 saturated heterocycles. The average molecular weight is 662 g/mol. The van der Waals surface area contributed by atoms with Crippen molar-refractivity contribution in [3.63, 3.8) is 0 Å². The number of benzene rings is 9. The quantitative estimate of drug-likeness (QED) is 0.187. The summed E-state index contributed by atoms with van der Waals surface area (Å²) < 4.78 is 0. The Kier molecular flexibility index (Phi) is 7.11. The van der Waals surface area contributed by atoms with Crippen LogP contribution in [0.25, 0.3) is 54.9 Å². The second kappa shape index (κ2) is 12.3. The first-order chi connectivity index (χ1) is 25.8. The Morgan fingerprint density at radius 1 is 0.308 bits per heavy atom. The Morgan fingerprint density at radius 3 is 1.62 bits per heavy atom. The molecule has 52 heavy (non-hydrogen) atoms. The predicted octanol–water partition coefficient (Wildman–Crippen LogP) is 13.4. The topological polar surface area (TPSA) is 12.0 Å². The highest BCUT2D eigenvalue weighted by atomic mass is 14.9. The van der Waals surface area contributed by atoms with Gasteiger partial charge < -0.3 is 5.32 Å². The first-order valence-electron chi connectivity index (χ1n) is 18.0. The fourth-order valence-corrected chi connectivity index (χ4v) is 8.60. The molecular formula is C51H35N. The van der Waals surface area contributed by atoms with Gasteiger partial charge in [-0.1, -0.05) is 170 Å². The molecule has 0 unspecified atom stereocenters. The number of hydrogen-bond acceptors (Lipinski definition) is 1. The molecule has 0 radical (unpaired) electrons. The third kappa shape index (κ3) is 4.78. The van der Waals surface area contributed by atoms with Crippen LogP contribution in [0.15, 0.2) is 206 Å². The SMILES string of the molecule is c1ccc(C2(c3ccccc3)c3ccccc3-c3ccc(Nc4ccc(-c5cc(-c6cccc7ccccc67)c6ccccc6c5)cc4)cc32)cc1. The van der Waals surface area contributed by atoms with Gasteiger partial charge in [-0.15, -0.1) is 0 Å². The third-order valence-electron chi connectivity index (χ3n) is 10.9. The highest BCUT2D eigenvalue weighted by molar-refractivity contribution is 6.07. The molecule has 244 valence electrons. The maximum Gasteiger partial charge on any atom is 0.0714 e. The molecule has 0 heterocycles. The molecule has 0 fully saturated rings. The Hall–Kier alpha value is -6.70. The molecule has 0 atom stereocenters. The minimum absolute atomic E-state index is 0.423. The van der Waals surface area contributed by atoms with Crippen LogP contribution in [0.1, 0.15) is 22.3 Å². The zero-order valence-electron chi connectivity index (χ0n) is 28.6. The number of rotatable bonds is 6. The van der Waals surface area contributed by atoms with Crippen LogP contribution >= 0.6 is 0 Å². The molecule has 0 aromatic heterocycles. The summed E-state index contributed by atoms with van der Waals surface area (Å²) in [4.78, 5) is 0. The van der Waals surface area contributed by atoms with E-state index in [-0.39, 0.29) is 0 Å². The zero-order valence-corrected chi connectivity index (χ0v) is 28.6. The lowest BCUT2D eigenvalue weighted by molar-refractivity contribution is 0.769. The summed E-state index contributed by atoms with van der Waals surface area (Å²) in [5, 5.41) is 8.80. The van der Waals surface area contributed by atoms with Crippen molar-refractivity contribution in [1.82, 2.24) is 0 Å². The van der Waals surface area contributed by atoms with Crippen LogP contribution in [0, 0.1) is 0 Å². The fraction of sp³-hybridized carbons (Fsp3) is 0.0196. The Bertz CT molecular complexity index is 2700. The number of hydrogen-bond donors (Lipinski definition) is 1. The molecule has 10 rings (SSSR count). The van der Waals surface area contributed by atoms with Crippen LogP contribution < -0.4 is 5.32 Å². The van der Waals surface area contributed by atoms with Crippen molar-refractivity contribution in [3.05, 3.63) is 229 Å². The smallest absolute Gasteiger partial charge is 0.0714 e. The Labute approximate surface area is 304 Å². The van der Waals surface area contributed by atoms with Crippen molar-refractivity contribution in [1.29, 1.82) is 0 Å². The van der Waals surface area contributed by atoms with Crippen LogP contribution in [-0.2, 0) is 5.41 Å². The summed E-state index contributed by atoms with van der Waals surface area (Å²) in [7, 11) is 0. The van der Waals surface area contributed by atoms with E-state index in [1.165, 1.54) is 77.2 Å². The molecule has 1 heteroatoms. The van der Waals surface area contributed by atoms with E-state index in [2.05, 4.69) is 212 Å². The second-order valence-electron chi connectivity index (χ2n) is 13.8. The number of anilines is 2. The first kappa shape index (κ1) is 30.2. The van der Waals surface area contributed by atoms with Gasteiger partial charge in [-0.2, -0.15) is 0 Å². The minimum atomic E-state index is -0.423. The largest absolute Gasteiger partial charge is 0.356 e. The Morgan fingerprint density at radius 2 is 0.865 bits per heavy atom. The maximum atomic E-state index is 3.77. The van der Waals surface area contributed by atoms with Crippen LogP contribution in [-0.4, -0.2) is 0 Å². The van der Waals surface area contributed by atoms with Crippen LogP contribution in [0.5, 0.6) is 0 Å². The van der Waals surface area contributed by atoms with Gasteiger partial charge in [0.25, 0.3) is 0 Å². The molecule has 1 N–H and O–H groups in total. The molecule has 9 aromatic rings. The summed E-state index contributed by atoms with van der Waals surface area (Å²) in [5.74, 6) is 0. The van der Waals surface area contributed by atoms with Crippen molar-refractivity contribution in [3.8, 4) is 33.4 Å². The van der Waals surface area contributed by atoms with Gasteiger partial charge in [-0.25, -0.2) is 0 Å². The standard InChI is InChI=1S/C51H35N/c1-3-17-39(18-4-1)51(40-19-5-2-6-20-40)49-25-12-11-23-46(49)47-31-30-42(34-50(47)51)52-41-28-26-35(27-29-41)38-32-37-15-8-10-22-44(37)48(33-38)45-24-13-16-36-14-7-9-21-43(36)45/h1-34,52H. The minimum Gasteiger partial charge on any atom is -0.356 e. The summed E-state index contributed by atoms with van der Waals surface area (Å²) >= 11 is 0. The average Bonchev–Trinajstić information content (AvgIpc) is 3.51. The lowest BCUT2D eigenvalue weighted by Gasteiger charge is -2.34. The van der Waals surface area contributed by atoms with Crippen molar-refractivity contribution >= 4 is 32.9 Å². The summed E-state index contributed by atoms with van der Waals surface area (Å²) in [6.45, 7) is 0. The normalized spacial score (nSPS) is 12.8. The second-order valence-corrected chi connectivity index (χ2v) is 13.8. The lowest BCUT2D eigenvalue weighted by atomic mass is 9.67. The van der Waals surface area contributed by atoms with Crippen LogP contribution in [0.4, 0.5) is 11.4 Å². The number of nitrogens with one attached hydrogen (secondary N) is 1. The summed E-state index contributed by atoms with van der Waals surface area (Å²) in [5.41, 5.74) is 14.3. The van der Waals surface area contributed by atoms with Gasteiger partial charge in [-0.05, 0) is 114 Å². The van der Waals surface area contributed by atoms with Crippen LogP contribution in [0.3, 0.4) is 0 Å². The Balaban J connectivity index is 1.04. The van der Waals surface area contributed by atoms with Crippen molar-refractivity contribution in [2.45, 2.75) is 5.41 Å². The van der Waals surface area contributed by atoms with Gasteiger partial charge in [0.05, 0.1) is 5.41 Å². The highest BCUT2D eigenvalue weighted by Crippen LogP contribution is 2.56. The van der Waals surface area contributed by atoms with E-state index in [1.54, 1.807) is 0 Å². The molecule has 1 nitrogen and oxygen atoms in total. The molecule has 9 aromatic carbocycles. The van der Waals surface area contributed by atoms with E-state index in [0.29, 0.717) is 0 Å². The van der Waals surface area contributed by atoms with E-state index in [9.17, 15) is 0 Å². The number of fused-ring (bicyclic) bond motifs is 5. The third-order valence-corrected chi connectivity index (χ3v) is 10.9. The van der Waals surface area contributed by atoms with Gasteiger partial charge in [0.15, 0.2) is 0 Å². The fourth-order valence-electron chi connectivity index (χ4n) is 8.60. The van der Waals surface area contributed by atoms with Crippen molar-refractivity contribution in [2.75, 3.05) is 5.32 Å². The summed E-state index contributed by atoms with van der Waals surface area (Å²) in [6, 6.07) is 75.3. The molecule has 1 aliphatic rings.